The molecule has 126 valence electrons. The van der Waals surface area contributed by atoms with Crippen LogP contribution < -0.4 is 9.62 Å². The Kier molecular flexibility index (Phi) is 4.69. The zero-order valence-electron chi connectivity index (χ0n) is 13.5. The molecule has 0 saturated carbocycles. The maximum atomic E-state index is 12.2. The van der Waals surface area contributed by atoms with Gasteiger partial charge >= 0.3 is 0 Å². The highest BCUT2D eigenvalue weighted by atomic mass is 32.2. The maximum absolute atomic E-state index is 12.2. The molecule has 24 heavy (non-hydrogen) atoms. The number of amides is 1. The van der Waals surface area contributed by atoms with Crippen LogP contribution in [0.5, 0.6) is 0 Å². The molecular weight excluding hydrogens is 324 g/mol. The van der Waals surface area contributed by atoms with Gasteiger partial charge in [0.05, 0.1) is 4.90 Å². The van der Waals surface area contributed by atoms with E-state index in [2.05, 4.69) is 10.8 Å². The lowest BCUT2D eigenvalue weighted by Gasteiger charge is -2.26. The molecule has 5 nitrogen and oxygen atoms in total. The molecule has 2 aromatic carbocycles. The van der Waals surface area contributed by atoms with Crippen LogP contribution in [0.15, 0.2) is 53.4 Å². The SMILES string of the molecule is CN1C(=O)CCc2cc(CCNS(=O)(=O)c3ccccc3)ccc21. The molecular formula is C18H20N2O3S. The lowest BCUT2D eigenvalue weighted by Crippen LogP contribution is -2.31. The number of nitrogens with zero attached hydrogens (tertiary/aromatic N) is 1. The number of fused-ring (bicyclic) bond motifs is 1. The predicted molar refractivity (Wildman–Crippen MR) is 93.5 cm³/mol. The number of hydrogen-bond donors (Lipinski definition) is 1. The van der Waals surface area contributed by atoms with E-state index in [-0.39, 0.29) is 10.8 Å². The zero-order valence-corrected chi connectivity index (χ0v) is 14.3. The second-order valence-electron chi connectivity index (χ2n) is 5.88. The van der Waals surface area contributed by atoms with E-state index in [1.807, 2.05) is 12.1 Å². The molecule has 0 radical (unpaired) electrons. The van der Waals surface area contributed by atoms with Gasteiger partial charge in [-0.2, -0.15) is 0 Å². The van der Waals surface area contributed by atoms with Crippen LogP contribution >= 0.6 is 0 Å². The summed E-state index contributed by atoms with van der Waals surface area (Å²) in [4.78, 5) is 13.7. The standard InChI is InChI=1S/C18H20N2O3S/c1-20-17-9-7-14(13-15(17)8-10-18(20)21)11-12-19-24(22,23)16-5-3-2-4-6-16/h2-7,9,13,19H,8,10-12H2,1H3. The summed E-state index contributed by atoms with van der Waals surface area (Å²) in [7, 11) is -1.68. The van der Waals surface area contributed by atoms with Gasteiger partial charge in [-0.15, -0.1) is 0 Å². The first kappa shape index (κ1) is 16.7. The first-order valence-corrected chi connectivity index (χ1v) is 9.39. The lowest BCUT2D eigenvalue weighted by atomic mass is 9.98. The Bertz CT molecular complexity index is 848. The van der Waals surface area contributed by atoms with Crippen LogP contribution in [0.25, 0.3) is 0 Å². The normalized spacial score (nSPS) is 14.5. The van der Waals surface area contributed by atoms with Gasteiger partial charge in [0, 0.05) is 25.7 Å². The van der Waals surface area contributed by atoms with Crippen LogP contribution in [0.1, 0.15) is 17.5 Å². The summed E-state index contributed by atoms with van der Waals surface area (Å²) in [5.74, 6) is 0.130. The molecule has 1 aliphatic heterocycles. The van der Waals surface area contributed by atoms with E-state index in [1.165, 1.54) is 0 Å². The van der Waals surface area contributed by atoms with Crippen LogP contribution in [0, 0.1) is 0 Å². The van der Waals surface area contributed by atoms with Gasteiger partial charge in [0.15, 0.2) is 0 Å². The molecule has 6 heteroatoms. The molecule has 0 atom stereocenters. The van der Waals surface area contributed by atoms with Gasteiger partial charge in [0.25, 0.3) is 0 Å². The lowest BCUT2D eigenvalue weighted by molar-refractivity contribution is -0.118. The molecule has 0 spiro atoms. The topological polar surface area (TPSA) is 66.5 Å². The van der Waals surface area contributed by atoms with E-state index in [9.17, 15) is 13.2 Å². The molecule has 3 rings (SSSR count). The highest BCUT2D eigenvalue weighted by Gasteiger charge is 2.20. The largest absolute Gasteiger partial charge is 0.315 e. The number of aryl methyl sites for hydroxylation is 1. The third kappa shape index (κ3) is 3.49. The second-order valence-corrected chi connectivity index (χ2v) is 7.64. The van der Waals surface area contributed by atoms with Crippen molar-refractivity contribution in [1.29, 1.82) is 0 Å². The highest BCUT2D eigenvalue weighted by Crippen LogP contribution is 2.27. The number of rotatable bonds is 5. The number of hydrogen-bond acceptors (Lipinski definition) is 3. The van der Waals surface area contributed by atoms with E-state index in [0.29, 0.717) is 19.4 Å². The summed E-state index contributed by atoms with van der Waals surface area (Å²) in [6, 6.07) is 14.3. The van der Waals surface area contributed by atoms with Crippen LogP contribution in [0.2, 0.25) is 0 Å². The Labute approximate surface area is 142 Å². The molecule has 1 amide bonds. The molecule has 0 aliphatic carbocycles. The molecule has 0 unspecified atom stereocenters. The van der Waals surface area contributed by atoms with Crippen molar-refractivity contribution in [3.63, 3.8) is 0 Å². The van der Waals surface area contributed by atoms with Crippen LogP contribution in [0.4, 0.5) is 5.69 Å². The Morgan fingerprint density at radius 3 is 2.58 bits per heavy atom. The van der Waals surface area contributed by atoms with Crippen molar-refractivity contribution in [2.75, 3.05) is 18.5 Å². The van der Waals surface area contributed by atoms with Crippen molar-refractivity contribution in [2.45, 2.75) is 24.2 Å². The summed E-state index contributed by atoms with van der Waals surface area (Å²) in [6.07, 6.45) is 1.87. The van der Waals surface area contributed by atoms with Gasteiger partial charge in [-0.3, -0.25) is 4.79 Å². The van der Waals surface area contributed by atoms with Crippen molar-refractivity contribution in [1.82, 2.24) is 4.72 Å². The number of anilines is 1. The Balaban J connectivity index is 1.65. The molecule has 1 aliphatic rings. The first-order chi connectivity index (χ1) is 11.5. The fourth-order valence-corrected chi connectivity index (χ4v) is 3.93. The predicted octanol–water partition coefficient (Wildman–Crippen LogP) is 2.12. The second kappa shape index (κ2) is 6.75. The minimum Gasteiger partial charge on any atom is -0.315 e. The zero-order chi connectivity index (χ0) is 17.2. The van der Waals surface area contributed by atoms with Crippen LogP contribution in [-0.4, -0.2) is 27.9 Å². The molecule has 2 aromatic rings. The number of carbonyl (C=O) groups excluding carboxylic acids is 1. The van der Waals surface area contributed by atoms with Gasteiger partial charge < -0.3 is 4.90 Å². The van der Waals surface area contributed by atoms with E-state index in [1.54, 1.807) is 42.3 Å². The average molecular weight is 344 g/mol. The summed E-state index contributed by atoms with van der Waals surface area (Å²) in [5, 5.41) is 0. The van der Waals surface area contributed by atoms with Gasteiger partial charge in [-0.25, -0.2) is 13.1 Å². The van der Waals surface area contributed by atoms with Crippen molar-refractivity contribution >= 4 is 21.6 Å². The molecule has 0 bridgehead atoms. The molecule has 0 aromatic heterocycles. The van der Waals surface area contributed by atoms with Crippen molar-refractivity contribution in [3.05, 3.63) is 59.7 Å². The monoisotopic (exact) mass is 344 g/mol. The minimum atomic E-state index is -3.47. The van der Waals surface area contributed by atoms with Gasteiger partial charge in [-0.05, 0) is 42.2 Å². The summed E-state index contributed by atoms with van der Waals surface area (Å²) in [5.41, 5.74) is 3.15. The van der Waals surface area contributed by atoms with E-state index >= 15 is 0 Å². The first-order valence-electron chi connectivity index (χ1n) is 7.90. The van der Waals surface area contributed by atoms with Crippen molar-refractivity contribution in [3.8, 4) is 0 Å². The van der Waals surface area contributed by atoms with Gasteiger partial charge in [0.2, 0.25) is 15.9 Å². The summed E-state index contributed by atoms with van der Waals surface area (Å²) < 4.78 is 27.0. The van der Waals surface area contributed by atoms with E-state index in [4.69, 9.17) is 0 Å². The summed E-state index contributed by atoms with van der Waals surface area (Å²) in [6.45, 7) is 0.338. The number of benzene rings is 2. The number of carbonyl (C=O) groups is 1. The average Bonchev–Trinajstić information content (AvgIpc) is 2.59. The third-order valence-corrected chi connectivity index (χ3v) is 5.72. The van der Waals surface area contributed by atoms with Gasteiger partial charge in [-0.1, -0.05) is 30.3 Å². The minimum absolute atomic E-state index is 0.130. The molecule has 1 heterocycles. The van der Waals surface area contributed by atoms with E-state index < -0.39 is 10.0 Å². The maximum Gasteiger partial charge on any atom is 0.240 e. The number of sulfonamides is 1. The fourth-order valence-electron chi connectivity index (χ4n) is 2.88. The van der Waals surface area contributed by atoms with Crippen molar-refractivity contribution in [2.24, 2.45) is 0 Å². The van der Waals surface area contributed by atoms with Crippen LogP contribution in [0.3, 0.4) is 0 Å². The molecule has 0 fully saturated rings. The summed E-state index contributed by atoms with van der Waals surface area (Å²) >= 11 is 0. The van der Waals surface area contributed by atoms with Crippen LogP contribution in [-0.2, 0) is 27.7 Å². The third-order valence-electron chi connectivity index (χ3n) is 4.25. The smallest absolute Gasteiger partial charge is 0.240 e. The molecule has 1 N–H and O–H groups in total. The Morgan fingerprint density at radius 1 is 1.08 bits per heavy atom. The Hall–Kier alpha value is -2.18. The van der Waals surface area contributed by atoms with Crippen molar-refractivity contribution < 1.29 is 13.2 Å². The van der Waals surface area contributed by atoms with E-state index in [0.717, 1.165) is 23.2 Å². The Morgan fingerprint density at radius 2 is 1.83 bits per heavy atom. The number of nitrogens with one attached hydrogen (secondary N) is 1. The highest BCUT2D eigenvalue weighted by molar-refractivity contribution is 7.89. The van der Waals surface area contributed by atoms with Gasteiger partial charge in [0.1, 0.15) is 0 Å². The molecule has 0 saturated heterocycles. The fraction of sp³-hybridized carbons (Fsp3) is 0.278. The quantitative estimate of drug-likeness (QED) is 0.903.